The van der Waals surface area contributed by atoms with Crippen molar-refractivity contribution in [3.8, 4) is 0 Å². The Balaban J connectivity index is 1.18. The minimum Gasteiger partial charge on any atom is -0.480 e. The van der Waals surface area contributed by atoms with Crippen molar-refractivity contribution in [2.24, 2.45) is 5.92 Å². The van der Waals surface area contributed by atoms with Gasteiger partial charge in [0.25, 0.3) is 5.92 Å². The molecule has 2 aromatic rings. The normalized spacial score (nSPS) is 21.4. The first-order valence-corrected chi connectivity index (χ1v) is 14.2. The highest BCUT2D eigenvalue weighted by atomic mass is 19.3. The van der Waals surface area contributed by atoms with Gasteiger partial charge in [-0.15, -0.1) is 0 Å². The molecule has 0 radical (unpaired) electrons. The van der Waals surface area contributed by atoms with Crippen molar-refractivity contribution in [2.75, 3.05) is 38.2 Å². The zero-order chi connectivity index (χ0) is 28.3. The Bertz CT molecular complexity index is 1210. The molecule has 2 fully saturated rings. The van der Waals surface area contributed by atoms with Gasteiger partial charge in [-0.05, 0) is 86.9 Å². The second-order valence-electron chi connectivity index (χ2n) is 11.6. The van der Waals surface area contributed by atoms with Crippen LogP contribution < -0.4 is 5.32 Å². The van der Waals surface area contributed by atoms with Crippen molar-refractivity contribution in [1.29, 1.82) is 0 Å². The molecule has 2 saturated heterocycles. The molecule has 1 aromatic carbocycles. The molecular weight excluding hydrogens is 523 g/mol. The number of aromatic nitrogens is 1. The summed E-state index contributed by atoms with van der Waals surface area (Å²) in [4.78, 5) is 18.6. The fraction of sp³-hybridized carbons (Fsp3) is 0.600. The number of carbonyl (C=O) groups is 1. The fourth-order valence-electron chi connectivity index (χ4n) is 5.91. The summed E-state index contributed by atoms with van der Waals surface area (Å²) in [7, 11) is 0. The summed E-state index contributed by atoms with van der Waals surface area (Å²) in [6.07, 6.45) is 3.61. The number of carboxylic acid groups (broad SMARTS) is 1. The quantitative estimate of drug-likeness (QED) is 0.337. The number of nitrogens with zero attached hydrogens (tertiary/aromatic N) is 2. The van der Waals surface area contributed by atoms with E-state index in [1.807, 2.05) is 13.0 Å². The van der Waals surface area contributed by atoms with Crippen LogP contribution in [0.2, 0.25) is 0 Å². The number of pyridine rings is 1. The number of benzene rings is 1. The summed E-state index contributed by atoms with van der Waals surface area (Å²) in [6.45, 7) is 3.87. The lowest BCUT2D eigenvalue weighted by Crippen LogP contribution is -2.49. The number of anilines is 1. The summed E-state index contributed by atoms with van der Waals surface area (Å²) in [5, 5.41) is 13.4. The lowest BCUT2D eigenvalue weighted by molar-refractivity contribution is -0.204. The molecule has 4 heterocycles. The van der Waals surface area contributed by atoms with Crippen molar-refractivity contribution < 1.29 is 32.5 Å². The van der Waals surface area contributed by atoms with Crippen LogP contribution >= 0.6 is 0 Å². The Morgan fingerprint density at radius 3 is 2.88 bits per heavy atom. The van der Waals surface area contributed by atoms with Crippen LogP contribution in [0.5, 0.6) is 0 Å². The van der Waals surface area contributed by atoms with E-state index in [2.05, 4.69) is 16.4 Å². The number of aryl methyl sites for hydroxylation is 2. The number of nitrogens with one attached hydrogen (secondary N) is 1. The Kier molecular flexibility index (Phi) is 8.68. The van der Waals surface area contributed by atoms with E-state index in [0.29, 0.717) is 38.0 Å². The molecule has 10 heteroatoms. The lowest BCUT2D eigenvalue weighted by Gasteiger charge is -2.38. The molecule has 218 valence electrons. The van der Waals surface area contributed by atoms with Crippen LogP contribution in [0, 0.1) is 11.7 Å². The minimum atomic E-state index is -2.92. The van der Waals surface area contributed by atoms with Gasteiger partial charge in [0.2, 0.25) is 0 Å². The van der Waals surface area contributed by atoms with E-state index < -0.39 is 35.3 Å². The van der Waals surface area contributed by atoms with Crippen LogP contribution in [0.3, 0.4) is 0 Å². The van der Waals surface area contributed by atoms with Crippen molar-refractivity contribution in [1.82, 2.24) is 9.88 Å². The number of alkyl halides is 2. The van der Waals surface area contributed by atoms with E-state index in [9.17, 15) is 14.3 Å². The smallest absolute Gasteiger partial charge is 0.325 e. The third-order valence-corrected chi connectivity index (χ3v) is 8.35. The second-order valence-corrected chi connectivity index (χ2v) is 11.6. The van der Waals surface area contributed by atoms with Crippen molar-refractivity contribution in [2.45, 2.75) is 76.0 Å². The number of halogens is 3. The molecule has 2 N–H and O–H groups in total. The van der Waals surface area contributed by atoms with Crippen LogP contribution in [-0.2, 0) is 33.7 Å². The zero-order valence-corrected chi connectivity index (χ0v) is 22.9. The molecule has 0 saturated carbocycles. The molecule has 0 aliphatic carbocycles. The predicted octanol–water partition coefficient (Wildman–Crippen LogP) is 5.38. The molecule has 2 atom stereocenters. The second kappa shape index (κ2) is 12.0. The largest absolute Gasteiger partial charge is 0.480 e. The van der Waals surface area contributed by atoms with Crippen molar-refractivity contribution in [3.05, 3.63) is 58.5 Å². The van der Waals surface area contributed by atoms with E-state index in [1.165, 1.54) is 28.7 Å². The maximum absolute atomic E-state index is 15.3. The van der Waals surface area contributed by atoms with Gasteiger partial charge < -0.3 is 19.9 Å². The van der Waals surface area contributed by atoms with Crippen LogP contribution in [-0.4, -0.2) is 65.3 Å². The van der Waals surface area contributed by atoms with Crippen LogP contribution in [0.25, 0.3) is 0 Å². The van der Waals surface area contributed by atoms with Gasteiger partial charge in [0.15, 0.2) is 0 Å². The highest BCUT2D eigenvalue weighted by Gasteiger charge is 2.46. The Labute approximate surface area is 233 Å². The van der Waals surface area contributed by atoms with Gasteiger partial charge in [-0.25, -0.2) is 18.2 Å². The third kappa shape index (κ3) is 6.61. The number of fused-ring (bicyclic) bond motifs is 1. The molecule has 3 aliphatic rings. The number of unbranched alkanes of at least 4 members (excludes halogenated alkanes) is 1. The summed E-state index contributed by atoms with van der Waals surface area (Å²) in [5.74, 6) is -4.74. The number of likely N-dealkylation sites (tertiary alicyclic amines) is 1. The van der Waals surface area contributed by atoms with E-state index in [1.54, 1.807) is 0 Å². The topological polar surface area (TPSA) is 83.9 Å². The number of rotatable bonds is 12. The van der Waals surface area contributed by atoms with Gasteiger partial charge in [-0.1, -0.05) is 12.1 Å². The van der Waals surface area contributed by atoms with E-state index >= 15 is 8.78 Å². The molecule has 0 spiro atoms. The van der Waals surface area contributed by atoms with E-state index in [-0.39, 0.29) is 38.1 Å². The average molecular weight is 562 g/mol. The first-order valence-electron chi connectivity index (χ1n) is 14.2. The number of carboxylic acids is 1. The van der Waals surface area contributed by atoms with E-state index in [0.717, 1.165) is 30.9 Å². The maximum atomic E-state index is 15.3. The SMILES string of the molecule is CC1(OCc2ccc(F)cc2C(C(=O)O)N2CCC(C(F)(F)CCCCc3ccc4c(n3)NCCC4)C2)COC1. The Hall–Kier alpha value is -2.69. The number of hydrogen-bond acceptors (Lipinski definition) is 6. The molecule has 0 bridgehead atoms. The average Bonchev–Trinajstić information content (AvgIpc) is 3.40. The highest BCUT2D eigenvalue weighted by molar-refractivity contribution is 5.76. The summed E-state index contributed by atoms with van der Waals surface area (Å²) < 4.78 is 55.9. The highest BCUT2D eigenvalue weighted by Crippen LogP contribution is 2.40. The maximum Gasteiger partial charge on any atom is 0.325 e. The number of hydrogen-bond donors (Lipinski definition) is 2. The molecular formula is C30H38F3N3O4. The summed E-state index contributed by atoms with van der Waals surface area (Å²) in [5.41, 5.74) is 2.40. The molecule has 0 amide bonds. The number of ether oxygens (including phenoxy) is 2. The standard InChI is InChI=1S/C30H38F3N3O4/c1-29(18-39-19-29)40-17-21-7-9-23(31)15-25(21)26(28(37)38)36-14-11-22(16-36)30(32,33)12-3-2-6-24-10-8-20-5-4-13-34-27(20)35-24/h7-10,15,22,26H,2-6,11-14,16-19H2,1H3,(H,34,35)(H,37,38). The monoisotopic (exact) mass is 561 g/mol. The van der Waals surface area contributed by atoms with Crippen molar-refractivity contribution in [3.63, 3.8) is 0 Å². The molecule has 3 aliphatic heterocycles. The summed E-state index contributed by atoms with van der Waals surface area (Å²) in [6, 6.07) is 6.78. The molecule has 2 unspecified atom stereocenters. The van der Waals surface area contributed by atoms with E-state index in [4.69, 9.17) is 9.47 Å². The first kappa shape index (κ1) is 28.8. The first-order chi connectivity index (χ1) is 19.1. The molecule has 5 rings (SSSR count). The minimum absolute atomic E-state index is 0.0651. The zero-order valence-electron chi connectivity index (χ0n) is 22.9. The van der Waals surface area contributed by atoms with Gasteiger partial charge in [-0.2, -0.15) is 0 Å². The Morgan fingerprint density at radius 1 is 1.30 bits per heavy atom. The predicted molar refractivity (Wildman–Crippen MR) is 144 cm³/mol. The Morgan fingerprint density at radius 2 is 2.12 bits per heavy atom. The molecule has 40 heavy (non-hydrogen) atoms. The molecule has 7 nitrogen and oxygen atoms in total. The summed E-state index contributed by atoms with van der Waals surface area (Å²) >= 11 is 0. The van der Waals surface area contributed by atoms with Gasteiger partial charge in [0.1, 0.15) is 23.3 Å². The van der Waals surface area contributed by atoms with Gasteiger partial charge in [0.05, 0.1) is 19.8 Å². The third-order valence-electron chi connectivity index (χ3n) is 8.35. The number of aliphatic carboxylic acids is 1. The van der Waals surface area contributed by atoms with Crippen LogP contribution in [0.1, 0.15) is 67.5 Å². The van der Waals surface area contributed by atoms with Crippen LogP contribution in [0.4, 0.5) is 19.0 Å². The van der Waals surface area contributed by atoms with Gasteiger partial charge >= 0.3 is 5.97 Å². The fourth-order valence-corrected chi connectivity index (χ4v) is 5.91. The lowest BCUT2D eigenvalue weighted by atomic mass is 9.94. The van der Waals surface area contributed by atoms with Gasteiger partial charge in [-0.3, -0.25) is 9.69 Å². The van der Waals surface area contributed by atoms with Crippen LogP contribution in [0.15, 0.2) is 30.3 Å². The van der Waals surface area contributed by atoms with Crippen molar-refractivity contribution >= 4 is 11.8 Å². The molecule has 1 aromatic heterocycles. The van der Waals surface area contributed by atoms with Gasteiger partial charge in [0, 0.05) is 31.1 Å².